The van der Waals surface area contributed by atoms with Crippen LogP contribution in [0.5, 0.6) is 0 Å². The number of anilines is 2. The van der Waals surface area contributed by atoms with Crippen LogP contribution in [-0.2, 0) is 36.9 Å². The lowest BCUT2D eigenvalue weighted by atomic mass is 10.2. The molecule has 40 heavy (non-hydrogen) atoms. The summed E-state index contributed by atoms with van der Waals surface area (Å²) < 4.78 is 60.2. The molecule has 0 aromatic carbocycles. The molecule has 8 atom stereocenters. The van der Waals surface area contributed by atoms with Gasteiger partial charge in [-0.25, -0.2) is 9.59 Å². The van der Waals surface area contributed by atoms with Gasteiger partial charge in [0.15, 0.2) is 0 Å². The van der Waals surface area contributed by atoms with Gasteiger partial charge >= 0.3 is 26.9 Å². The predicted octanol–water partition coefficient (Wildman–Crippen LogP) is 1.53. The number of nitrogen functional groups attached to an aromatic ring is 2. The number of ether oxygens (including phenoxy) is 3. The van der Waals surface area contributed by atoms with E-state index >= 15 is 0 Å². The first kappa shape index (κ1) is 30.6. The van der Waals surface area contributed by atoms with Crippen molar-refractivity contribution in [3.05, 3.63) is 44.5 Å². The fourth-order valence-corrected chi connectivity index (χ4v) is 5.63. The first-order valence-electron chi connectivity index (χ1n) is 12.1. The molecule has 2 saturated heterocycles. The molecule has 16 nitrogen and oxygen atoms in total. The second-order valence-corrected chi connectivity index (χ2v) is 11.8. The number of aryl methyl sites for hydroxylation is 2. The van der Waals surface area contributed by atoms with Crippen LogP contribution in [0.15, 0.2) is 22.0 Å². The van der Waals surface area contributed by atoms with Crippen molar-refractivity contribution in [2.24, 2.45) is 0 Å². The lowest BCUT2D eigenvalue weighted by molar-refractivity contribution is -0.0533. The van der Waals surface area contributed by atoms with Crippen LogP contribution in [0.4, 0.5) is 11.6 Å². The van der Waals surface area contributed by atoms with Gasteiger partial charge < -0.3 is 25.7 Å². The molecule has 0 saturated carbocycles. The molecule has 6 unspecified atom stereocenters. The van der Waals surface area contributed by atoms with Crippen LogP contribution < -0.4 is 22.8 Å². The Hall–Kier alpha value is -2.33. The first-order valence-corrected chi connectivity index (χ1v) is 15.5. The van der Waals surface area contributed by atoms with E-state index in [4.69, 9.17) is 39.2 Å². The van der Waals surface area contributed by atoms with Crippen molar-refractivity contribution >= 4 is 39.4 Å². The standard InChI is InChI=1S/C21H28N6O10P2S/c1-10-6-26(20(28)24-18(10)22)16-4-12(32-3)14(35-16)8-33-38(30)37-13-5-17(36-15(13)9-34-39(31)40)27-7-11(2)19(23)25-21(27)29/h6-7,12-17H,4-5,8-9H2,1-3H3,(H3-2,22,23,24,25,28,29,31,40)/p+2/t12-,13-,14?,15?,16?,17?/m0/s1. The SMILES string of the molecule is CO[C@H]1CC(n2cc(C)c(N)nc2=O)OC1CO[P+](=O)O[C@H]1CC(n2cc(C)c(N)nc2=O)OC1CO[P+](=O)S. The highest BCUT2D eigenvalue weighted by molar-refractivity contribution is 8.39. The van der Waals surface area contributed by atoms with Crippen molar-refractivity contribution in [2.75, 3.05) is 31.8 Å². The molecule has 4 heterocycles. The fraction of sp³-hybridized carbons (Fsp3) is 0.619. The van der Waals surface area contributed by atoms with E-state index in [0.717, 1.165) is 0 Å². The summed E-state index contributed by atoms with van der Waals surface area (Å²) in [6, 6.07) is 0. The summed E-state index contributed by atoms with van der Waals surface area (Å²) in [5.74, 6) is 0.223. The molecule has 2 aliphatic heterocycles. The molecule has 0 radical (unpaired) electrons. The minimum atomic E-state index is -2.71. The molecule has 0 bridgehead atoms. The van der Waals surface area contributed by atoms with E-state index in [1.165, 1.54) is 22.4 Å². The summed E-state index contributed by atoms with van der Waals surface area (Å²) in [6.07, 6.45) is -0.953. The largest absolute Gasteiger partial charge is 0.697 e. The van der Waals surface area contributed by atoms with Gasteiger partial charge in [-0.15, -0.1) is 13.6 Å². The van der Waals surface area contributed by atoms with Gasteiger partial charge in [-0.05, 0) is 18.4 Å². The van der Waals surface area contributed by atoms with E-state index in [0.29, 0.717) is 17.5 Å². The van der Waals surface area contributed by atoms with Gasteiger partial charge in [0.05, 0.1) is 6.10 Å². The van der Waals surface area contributed by atoms with Gasteiger partial charge in [0.25, 0.3) is 0 Å². The highest BCUT2D eigenvalue weighted by Crippen LogP contribution is 2.40. The Morgan fingerprint density at radius 3 is 1.90 bits per heavy atom. The predicted molar refractivity (Wildman–Crippen MR) is 144 cm³/mol. The average Bonchev–Trinajstić information content (AvgIpc) is 3.49. The summed E-state index contributed by atoms with van der Waals surface area (Å²) in [5, 5.41) is 0. The van der Waals surface area contributed by atoms with Crippen LogP contribution >= 0.6 is 27.7 Å². The Morgan fingerprint density at radius 1 is 0.925 bits per heavy atom. The maximum atomic E-state index is 12.8. The maximum absolute atomic E-state index is 12.8. The minimum absolute atomic E-state index is 0.0852. The summed E-state index contributed by atoms with van der Waals surface area (Å²) in [7, 11) is -3.47. The quantitative estimate of drug-likeness (QED) is 0.240. The minimum Gasteiger partial charge on any atom is -0.383 e. The molecule has 218 valence electrons. The van der Waals surface area contributed by atoms with E-state index in [9.17, 15) is 18.7 Å². The van der Waals surface area contributed by atoms with Crippen molar-refractivity contribution in [3.63, 3.8) is 0 Å². The van der Waals surface area contributed by atoms with Crippen LogP contribution in [0.25, 0.3) is 0 Å². The molecule has 2 aromatic heterocycles. The zero-order chi connectivity index (χ0) is 29.1. The van der Waals surface area contributed by atoms with E-state index < -0.39 is 63.7 Å². The van der Waals surface area contributed by atoms with Gasteiger partial charge in [0, 0.05) is 48.0 Å². The highest BCUT2D eigenvalue weighted by Gasteiger charge is 2.46. The molecule has 4 N–H and O–H groups in total. The van der Waals surface area contributed by atoms with Crippen molar-refractivity contribution in [3.8, 4) is 0 Å². The number of methoxy groups -OCH3 is 1. The Labute approximate surface area is 235 Å². The van der Waals surface area contributed by atoms with Gasteiger partial charge in [-0.2, -0.15) is 9.97 Å². The number of thiol groups is 1. The van der Waals surface area contributed by atoms with Crippen LogP contribution in [0, 0.1) is 13.8 Å². The lowest BCUT2D eigenvalue weighted by Gasteiger charge is -2.15. The average molecular weight is 621 g/mol. The van der Waals surface area contributed by atoms with Gasteiger partial charge in [-0.3, -0.25) is 9.13 Å². The third-order valence-corrected chi connectivity index (χ3v) is 8.07. The van der Waals surface area contributed by atoms with Gasteiger partial charge in [0.2, 0.25) is 0 Å². The molecule has 2 aromatic rings. The maximum Gasteiger partial charge on any atom is 0.697 e. The van der Waals surface area contributed by atoms with Crippen LogP contribution in [0.3, 0.4) is 0 Å². The molecule has 0 aliphatic carbocycles. The number of nitrogens with two attached hydrogens (primary N) is 2. The number of hydrogen-bond donors (Lipinski definition) is 3. The van der Waals surface area contributed by atoms with Crippen molar-refractivity contribution in [1.29, 1.82) is 0 Å². The molecule has 0 amide bonds. The monoisotopic (exact) mass is 620 g/mol. The number of nitrogens with zero attached hydrogens (tertiary/aromatic N) is 4. The summed E-state index contributed by atoms with van der Waals surface area (Å²) in [5.41, 5.74) is 11.4. The van der Waals surface area contributed by atoms with Crippen molar-refractivity contribution in [2.45, 2.75) is 63.6 Å². The Balaban J connectivity index is 1.40. The Bertz CT molecular complexity index is 1390. The zero-order valence-corrected chi connectivity index (χ0v) is 24.5. The van der Waals surface area contributed by atoms with Crippen molar-refractivity contribution in [1.82, 2.24) is 19.1 Å². The molecule has 0 spiro atoms. The van der Waals surface area contributed by atoms with E-state index in [-0.39, 0.29) is 31.3 Å². The lowest BCUT2D eigenvalue weighted by Crippen LogP contribution is -2.29. The summed E-state index contributed by atoms with van der Waals surface area (Å²) in [4.78, 5) is 32.3. The van der Waals surface area contributed by atoms with Crippen LogP contribution in [0.1, 0.15) is 36.4 Å². The Morgan fingerprint density at radius 2 is 1.40 bits per heavy atom. The molecule has 2 fully saturated rings. The van der Waals surface area contributed by atoms with E-state index in [1.807, 2.05) is 0 Å². The number of aromatic nitrogens is 4. The number of rotatable bonds is 11. The first-order chi connectivity index (χ1) is 19.0. The van der Waals surface area contributed by atoms with Crippen LogP contribution in [0.2, 0.25) is 0 Å². The summed E-state index contributed by atoms with van der Waals surface area (Å²) in [6.45, 7) is 3.01. The fourth-order valence-electron chi connectivity index (χ4n) is 4.38. The van der Waals surface area contributed by atoms with E-state index in [1.54, 1.807) is 20.0 Å². The third kappa shape index (κ3) is 7.11. The molecular formula is C21H30N6O10P2S+2. The second kappa shape index (κ2) is 13.1. The molecule has 19 heteroatoms. The Kier molecular flexibility index (Phi) is 10.0. The van der Waals surface area contributed by atoms with Crippen LogP contribution in [-0.4, -0.2) is 63.8 Å². The topological polar surface area (TPSA) is 211 Å². The molecule has 2 aliphatic rings. The normalized spacial score (nSPS) is 27.2. The second-order valence-electron chi connectivity index (χ2n) is 9.20. The number of hydrogen-bond acceptors (Lipinski definition) is 14. The molecule has 4 rings (SSSR count). The molecular weight excluding hydrogens is 590 g/mol. The van der Waals surface area contributed by atoms with E-state index in [2.05, 4.69) is 22.2 Å². The van der Waals surface area contributed by atoms with Gasteiger partial charge in [0.1, 0.15) is 67.9 Å². The third-order valence-electron chi connectivity index (χ3n) is 6.55. The van der Waals surface area contributed by atoms with Crippen molar-refractivity contribution < 1.29 is 36.9 Å². The smallest absolute Gasteiger partial charge is 0.383 e. The zero-order valence-electron chi connectivity index (χ0n) is 21.8. The summed E-state index contributed by atoms with van der Waals surface area (Å²) >= 11 is 3.73. The highest BCUT2D eigenvalue weighted by atomic mass is 32.7. The van der Waals surface area contributed by atoms with Gasteiger partial charge in [-0.1, -0.05) is 0 Å².